The van der Waals surface area contributed by atoms with Gasteiger partial charge in [-0.2, -0.15) is 18.3 Å². The summed E-state index contributed by atoms with van der Waals surface area (Å²) in [5.74, 6) is 4.00. The van der Waals surface area contributed by atoms with E-state index in [1.807, 2.05) is 5.92 Å². The third kappa shape index (κ3) is 1.93. The molecule has 0 unspecified atom stereocenters. The van der Waals surface area contributed by atoms with E-state index in [9.17, 15) is 18.0 Å². The summed E-state index contributed by atoms with van der Waals surface area (Å²) in [6, 6.07) is 0. The van der Waals surface area contributed by atoms with Crippen molar-refractivity contribution >= 4 is 6.29 Å². The molecule has 0 saturated heterocycles. The predicted octanol–water partition coefficient (Wildman–Crippen LogP) is 1.29. The molecule has 74 valence electrons. The van der Waals surface area contributed by atoms with E-state index >= 15 is 0 Å². The van der Waals surface area contributed by atoms with E-state index in [2.05, 4.69) is 16.1 Å². The van der Waals surface area contributed by atoms with E-state index in [1.165, 1.54) is 6.92 Å². The highest BCUT2D eigenvalue weighted by Crippen LogP contribution is 2.30. The Morgan fingerprint density at radius 2 is 2.14 bits per heavy atom. The number of halogens is 3. The molecule has 1 aromatic rings. The first-order valence-electron chi connectivity index (χ1n) is 3.54. The Morgan fingerprint density at radius 3 is 2.64 bits per heavy atom. The number of hydrogen-bond acceptors (Lipinski definition) is 2. The van der Waals surface area contributed by atoms with Crippen molar-refractivity contribution in [2.24, 2.45) is 0 Å². The molecule has 0 aliphatic heterocycles. The highest BCUT2D eigenvalue weighted by atomic mass is 19.4. The molecule has 1 N–H and O–H groups in total. The number of H-pyrrole nitrogens is 1. The van der Waals surface area contributed by atoms with E-state index in [-0.39, 0.29) is 17.5 Å². The number of alkyl halides is 3. The first kappa shape index (κ1) is 10.3. The molecule has 0 fully saturated rings. The van der Waals surface area contributed by atoms with Crippen molar-refractivity contribution in [3.05, 3.63) is 17.0 Å². The number of nitrogens with zero attached hydrogens (tertiary/aromatic N) is 1. The van der Waals surface area contributed by atoms with Crippen LogP contribution in [0, 0.1) is 18.8 Å². The molecular weight excluding hydrogens is 197 g/mol. The van der Waals surface area contributed by atoms with Crippen LogP contribution in [0.2, 0.25) is 0 Å². The molecule has 0 bridgehead atoms. The smallest absolute Gasteiger partial charge is 0.289 e. The predicted molar refractivity (Wildman–Crippen MR) is 41.3 cm³/mol. The second-order valence-electron chi connectivity index (χ2n) is 2.46. The van der Waals surface area contributed by atoms with Crippen molar-refractivity contribution in [2.75, 3.05) is 0 Å². The van der Waals surface area contributed by atoms with Crippen LogP contribution < -0.4 is 0 Å². The van der Waals surface area contributed by atoms with Crippen LogP contribution in [-0.4, -0.2) is 16.5 Å². The molecule has 0 aromatic carbocycles. The molecule has 14 heavy (non-hydrogen) atoms. The average molecular weight is 202 g/mol. The van der Waals surface area contributed by atoms with Gasteiger partial charge in [-0.05, 0) is 12.8 Å². The van der Waals surface area contributed by atoms with Gasteiger partial charge in [0, 0.05) is 5.69 Å². The van der Waals surface area contributed by atoms with Gasteiger partial charge in [0.15, 0.2) is 12.0 Å². The number of aromatic nitrogens is 2. The summed E-state index contributed by atoms with van der Waals surface area (Å²) in [7, 11) is 0. The fourth-order valence-corrected chi connectivity index (χ4v) is 0.889. The monoisotopic (exact) mass is 202 g/mol. The number of aryl methyl sites for hydroxylation is 1. The zero-order chi connectivity index (χ0) is 10.8. The Labute approximate surface area is 77.3 Å². The molecule has 0 aliphatic carbocycles. The van der Waals surface area contributed by atoms with Gasteiger partial charge in [0.1, 0.15) is 0 Å². The van der Waals surface area contributed by atoms with Gasteiger partial charge in [-0.1, -0.05) is 5.92 Å². The third-order valence-corrected chi connectivity index (χ3v) is 1.47. The molecule has 3 nitrogen and oxygen atoms in total. The SMILES string of the molecule is Cc1[nH]nc(C(F)(F)F)c1C#CC=O. The Balaban J connectivity index is 3.26. The number of rotatable bonds is 0. The second-order valence-corrected chi connectivity index (χ2v) is 2.46. The molecule has 0 aliphatic rings. The Hall–Kier alpha value is -1.77. The van der Waals surface area contributed by atoms with Crippen molar-refractivity contribution in [2.45, 2.75) is 13.1 Å². The quantitative estimate of drug-likeness (QED) is 0.509. The Bertz CT molecular complexity index is 408. The number of aromatic amines is 1. The summed E-state index contributed by atoms with van der Waals surface area (Å²) in [6.45, 7) is 1.40. The molecule has 6 heteroatoms. The average Bonchev–Trinajstić information content (AvgIpc) is 2.42. The second kappa shape index (κ2) is 3.54. The number of hydrogen-bond donors (Lipinski definition) is 1. The summed E-state index contributed by atoms with van der Waals surface area (Å²) in [5, 5.41) is 5.24. The maximum absolute atomic E-state index is 12.3. The zero-order valence-corrected chi connectivity index (χ0v) is 7.07. The molecule has 1 rings (SSSR count). The van der Waals surface area contributed by atoms with Gasteiger partial charge in [-0.15, -0.1) is 0 Å². The van der Waals surface area contributed by atoms with Crippen LogP contribution in [0.3, 0.4) is 0 Å². The fourth-order valence-electron chi connectivity index (χ4n) is 0.889. The minimum atomic E-state index is -4.56. The van der Waals surface area contributed by atoms with Crippen molar-refractivity contribution in [3.63, 3.8) is 0 Å². The lowest BCUT2D eigenvalue weighted by molar-refractivity contribution is -0.141. The Morgan fingerprint density at radius 1 is 1.50 bits per heavy atom. The molecule has 0 atom stereocenters. The van der Waals surface area contributed by atoms with Gasteiger partial charge in [0.05, 0.1) is 5.56 Å². The van der Waals surface area contributed by atoms with Gasteiger partial charge in [0.2, 0.25) is 0 Å². The molecule has 0 spiro atoms. The molecule has 0 amide bonds. The van der Waals surface area contributed by atoms with E-state index in [0.29, 0.717) is 0 Å². The van der Waals surface area contributed by atoms with Crippen LogP contribution in [0.25, 0.3) is 0 Å². The summed E-state index contributed by atoms with van der Waals surface area (Å²) in [6.07, 6.45) is -4.33. The van der Waals surface area contributed by atoms with Crippen LogP contribution in [0.5, 0.6) is 0 Å². The molecule has 1 aromatic heterocycles. The first-order chi connectivity index (χ1) is 6.46. The number of carbonyl (C=O) groups excluding carboxylic acids is 1. The summed E-state index contributed by atoms with van der Waals surface area (Å²) < 4.78 is 36.8. The topological polar surface area (TPSA) is 45.8 Å². The highest BCUT2D eigenvalue weighted by molar-refractivity contribution is 5.74. The van der Waals surface area contributed by atoms with Crippen molar-refractivity contribution in [1.29, 1.82) is 0 Å². The maximum Gasteiger partial charge on any atom is 0.436 e. The van der Waals surface area contributed by atoms with Gasteiger partial charge in [-0.3, -0.25) is 9.89 Å². The number of carbonyl (C=O) groups is 1. The number of nitrogens with one attached hydrogen (secondary N) is 1. The standard InChI is InChI=1S/C8H5F3N2O/c1-5-6(3-2-4-14)7(13-12-5)8(9,10)11/h4H,1H3,(H,12,13). The van der Waals surface area contributed by atoms with E-state index < -0.39 is 11.9 Å². The minimum Gasteiger partial charge on any atom is -0.289 e. The van der Waals surface area contributed by atoms with Crippen molar-refractivity contribution < 1.29 is 18.0 Å². The van der Waals surface area contributed by atoms with E-state index in [4.69, 9.17) is 0 Å². The van der Waals surface area contributed by atoms with Crippen LogP contribution in [-0.2, 0) is 11.0 Å². The fraction of sp³-hybridized carbons (Fsp3) is 0.250. The first-order valence-corrected chi connectivity index (χ1v) is 3.54. The van der Waals surface area contributed by atoms with Crippen LogP contribution >= 0.6 is 0 Å². The molecule has 0 radical (unpaired) electrons. The maximum atomic E-state index is 12.3. The summed E-state index contributed by atoms with van der Waals surface area (Å²) in [5.41, 5.74) is -1.19. The van der Waals surface area contributed by atoms with Gasteiger partial charge < -0.3 is 0 Å². The van der Waals surface area contributed by atoms with Gasteiger partial charge >= 0.3 is 6.18 Å². The van der Waals surface area contributed by atoms with Crippen molar-refractivity contribution in [3.8, 4) is 11.8 Å². The molecule has 0 saturated carbocycles. The number of aldehydes is 1. The summed E-state index contributed by atoms with van der Waals surface area (Å²) >= 11 is 0. The van der Waals surface area contributed by atoms with E-state index in [1.54, 1.807) is 0 Å². The highest BCUT2D eigenvalue weighted by Gasteiger charge is 2.37. The normalized spacial score (nSPS) is 10.6. The van der Waals surface area contributed by atoms with Crippen LogP contribution in [0.15, 0.2) is 0 Å². The van der Waals surface area contributed by atoms with E-state index in [0.717, 1.165) is 0 Å². The Kier molecular flexibility index (Phi) is 2.60. The minimum absolute atomic E-state index is 0.187. The molecular formula is C8H5F3N2O. The summed E-state index contributed by atoms with van der Waals surface area (Å²) in [4.78, 5) is 9.89. The lowest BCUT2D eigenvalue weighted by atomic mass is 10.2. The van der Waals surface area contributed by atoms with Gasteiger partial charge in [0.25, 0.3) is 0 Å². The lowest BCUT2D eigenvalue weighted by Gasteiger charge is -2.01. The van der Waals surface area contributed by atoms with Crippen LogP contribution in [0.1, 0.15) is 17.0 Å². The zero-order valence-electron chi connectivity index (χ0n) is 7.07. The third-order valence-electron chi connectivity index (χ3n) is 1.47. The van der Waals surface area contributed by atoms with Crippen LogP contribution in [0.4, 0.5) is 13.2 Å². The largest absolute Gasteiger partial charge is 0.436 e. The lowest BCUT2D eigenvalue weighted by Crippen LogP contribution is -2.07. The van der Waals surface area contributed by atoms with Gasteiger partial charge in [-0.25, -0.2) is 0 Å². The molecule has 1 heterocycles. The van der Waals surface area contributed by atoms with Crippen molar-refractivity contribution in [1.82, 2.24) is 10.2 Å².